The molecule has 2 aromatic heterocycles. The molecule has 0 atom stereocenters. The third-order valence-corrected chi connectivity index (χ3v) is 8.34. The fourth-order valence-corrected chi connectivity index (χ4v) is 6.47. The third kappa shape index (κ3) is 3.33. The van der Waals surface area contributed by atoms with Crippen LogP contribution in [0.4, 0.5) is 17.1 Å². The number of H-pyrrole nitrogens is 1. The first kappa shape index (κ1) is 22.3. The minimum absolute atomic E-state index is 0.920. The highest BCUT2D eigenvalue weighted by Crippen LogP contribution is 2.42. The molecular formula is C38H24N2O. The van der Waals surface area contributed by atoms with E-state index in [1.165, 1.54) is 37.7 Å². The topological polar surface area (TPSA) is 32.2 Å². The van der Waals surface area contributed by atoms with Crippen LogP contribution in [0.2, 0.25) is 0 Å². The van der Waals surface area contributed by atoms with E-state index in [-0.39, 0.29) is 0 Å². The highest BCUT2D eigenvalue weighted by Gasteiger charge is 2.17. The van der Waals surface area contributed by atoms with Gasteiger partial charge in [-0.15, -0.1) is 0 Å². The first-order valence-corrected chi connectivity index (χ1v) is 13.9. The van der Waals surface area contributed by atoms with Crippen molar-refractivity contribution in [2.45, 2.75) is 0 Å². The Balaban J connectivity index is 1.27. The molecule has 0 amide bonds. The Bertz CT molecular complexity index is 2430. The van der Waals surface area contributed by atoms with Crippen molar-refractivity contribution in [2.75, 3.05) is 4.90 Å². The van der Waals surface area contributed by atoms with Crippen molar-refractivity contribution >= 4 is 82.4 Å². The Labute approximate surface area is 235 Å². The lowest BCUT2D eigenvalue weighted by atomic mass is 10.0. The molecule has 0 aliphatic rings. The maximum absolute atomic E-state index is 6.20. The summed E-state index contributed by atoms with van der Waals surface area (Å²) in [5.41, 5.74) is 7.50. The molecule has 0 fully saturated rings. The second-order valence-corrected chi connectivity index (χ2v) is 10.7. The van der Waals surface area contributed by atoms with Crippen LogP contribution < -0.4 is 4.90 Å². The lowest BCUT2D eigenvalue weighted by molar-refractivity contribution is 0.669. The molecule has 0 unspecified atom stereocenters. The van der Waals surface area contributed by atoms with E-state index in [1.54, 1.807) is 0 Å². The van der Waals surface area contributed by atoms with Crippen molar-refractivity contribution in [1.82, 2.24) is 4.98 Å². The second-order valence-electron chi connectivity index (χ2n) is 10.7. The normalized spacial score (nSPS) is 11.9. The molecule has 2 heterocycles. The van der Waals surface area contributed by atoms with Crippen LogP contribution in [0.3, 0.4) is 0 Å². The van der Waals surface area contributed by atoms with Gasteiger partial charge in [0.05, 0.1) is 5.52 Å². The fourth-order valence-electron chi connectivity index (χ4n) is 6.47. The number of nitrogens with one attached hydrogen (secondary N) is 1. The maximum atomic E-state index is 6.20. The van der Waals surface area contributed by atoms with Crippen LogP contribution in [0.5, 0.6) is 0 Å². The van der Waals surface area contributed by atoms with Gasteiger partial charge in [0.15, 0.2) is 0 Å². The van der Waals surface area contributed by atoms with Crippen molar-refractivity contribution in [2.24, 2.45) is 0 Å². The summed E-state index contributed by atoms with van der Waals surface area (Å²) in [6, 6.07) is 49.6. The molecule has 0 aliphatic heterocycles. The van der Waals surface area contributed by atoms with Crippen LogP contribution >= 0.6 is 0 Å². The number of aromatic nitrogens is 1. The molecule has 192 valence electrons. The van der Waals surface area contributed by atoms with E-state index < -0.39 is 0 Å². The zero-order chi connectivity index (χ0) is 26.9. The van der Waals surface area contributed by atoms with Gasteiger partial charge in [-0.3, -0.25) is 0 Å². The van der Waals surface area contributed by atoms with Crippen LogP contribution in [0.1, 0.15) is 0 Å². The van der Waals surface area contributed by atoms with Crippen LogP contribution in [-0.2, 0) is 0 Å². The molecule has 3 heteroatoms. The molecule has 0 spiro atoms. The van der Waals surface area contributed by atoms with E-state index in [1.807, 2.05) is 12.1 Å². The average Bonchev–Trinajstić information content (AvgIpc) is 3.60. The monoisotopic (exact) mass is 524 g/mol. The van der Waals surface area contributed by atoms with Gasteiger partial charge in [0.1, 0.15) is 11.2 Å². The lowest BCUT2D eigenvalue weighted by Gasteiger charge is -2.26. The smallest absolute Gasteiger partial charge is 0.136 e. The van der Waals surface area contributed by atoms with Gasteiger partial charge in [-0.1, -0.05) is 84.9 Å². The summed E-state index contributed by atoms with van der Waals surface area (Å²) in [6.45, 7) is 0. The minimum atomic E-state index is 0.920. The lowest BCUT2D eigenvalue weighted by Crippen LogP contribution is -2.09. The Kier molecular flexibility index (Phi) is 4.61. The molecule has 0 aliphatic carbocycles. The summed E-state index contributed by atoms with van der Waals surface area (Å²) in [6.07, 6.45) is 0. The molecule has 0 saturated heterocycles. The molecule has 0 bridgehead atoms. The Morgan fingerprint density at radius 2 is 1.15 bits per heavy atom. The van der Waals surface area contributed by atoms with E-state index in [0.29, 0.717) is 0 Å². The number of fused-ring (bicyclic) bond motifs is 10. The predicted octanol–water partition coefficient (Wildman–Crippen LogP) is 11.0. The van der Waals surface area contributed by atoms with Crippen molar-refractivity contribution in [1.29, 1.82) is 0 Å². The molecule has 41 heavy (non-hydrogen) atoms. The summed E-state index contributed by atoms with van der Waals surface area (Å²) < 4.78 is 6.20. The molecule has 1 N–H and O–H groups in total. The Morgan fingerprint density at radius 3 is 2.05 bits per heavy atom. The summed E-state index contributed by atoms with van der Waals surface area (Å²) in [5, 5.41) is 9.62. The second kappa shape index (κ2) is 8.48. The van der Waals surface area contributed by atoms with Gasteiger partial charge >= 0.3 is 0 Å². The number of anilines is 3. The van der Waals surface area contributed by atoms with Gasteiger partial charge in [-0.05, 0) is 70.8 Å². The van der Waals surface area contributed by atoms with E-state index in [9.17, 15) is 0 Å². The average molecular weight is 525 g/mol. The van der Waals surface area contributed by atoms with Crippen LogP contribution in [0, 0.1) is 0 Å². The summed E-state index contributed by atoms with van der Waals surface area (Å²) in [5.74, 6) is 0. The van der Waals surface area contributed by atoms with E-state index in [0.717, 1.165) is 44.6 Å². The van der Waals surface area contributed by atoms with Crippen molar-refractivity contribution in [3.8, 4) is 0 Å². The summed E-state index contributed by atoms with van der Waals surface area (Å²) in [4.78, 5) is 6.08. The zero-order valence-corrected chi connectivity index (χ0v) is 22.1. The number of nitrogens with zero attached hydrogens (tertiary/aromatic N) is 1. The van der Waals surface area contributed by atoms with Crippen molar-refractivity contribution < 1.29 is 4.42 Å². The summed E-state index contributed by atoms with van der Waals surface area (Å²) >= 11 is 0. The first-order valence-electron chi connectivity index (χ1n) is 13.9. The quantitative estimate of drug-likeness (QED) is 0.249. The largest absolute Gasteiger partial charge is 0.456 e. The van der Waals surface area contributed by atoms with Crippen LogP contribution in [0.15, 0.2) is 144 Å². The molecular weight excluding hydrogens is 500 g/mol. The number of aromatic amines is 1. The molecule has 9 rings (SSSR count). The van der Waals surface area contributed by atoms with Crippen LogP contribution in [0.25, 0.3) is 65.3 Å². The van der Waals surface area contributed by atoms with Gasteiger partial charge in [0, 0.05) is 49.5 Å². The Hall–Kier alpha value is -5.54. The highest BCUT2D eigenvalue weighted by molar-refractivity contribution is 6.29. The molecule has 3 nitrogen and oxygen atoms in total. The number of para-hydroxylation sites is 2. The van der Waals surface area contributed by atoms with E-state index >= 15 is 0 Å². The predicted molar refractivity (Wildman–Crippen MR) is 173 cm³/mol. The third-order valence-electron chi connectivity index (χ3n) is 8.34. The number of hydrogen-bond acceptors (Lipinski definition) is 2. The highest BCUT2D eigenvalue weighted by atomic mass is 16.3. The van der Waals surface area contributed by atoms with E-state index in [2.05, 4.69) is 137 Å². The van der Waals surface area contributed by atoms with Gasteiger partial charge in [-0.25, -0.2) is 0 Å². The maximum Gasteiger partial charge on any atom is 0.136 e. The first-order chi connectivity index (χ1) is 20.3. The standard InChI is InChI=1S/C38H24N2O/c1-2-10-27(11-3-1)40(28-16-14-24-8-4-5-9-25(24)22-28)29-17-19-30-26(23-29)15-18-32-36-33(39-38(30)32)20-21-35-37(36)31-12-6-7-13-34(31)41-35/h1-23,39H. The van der Waals surface area contributed by atoms with Crippen molar-refractivity contribution in [3.05, 3.63) is 140 Å². The molecule has 7 aromatic carbocycles. The van der Waals surface area contributed by atoms with Gasteiger partial charge in [-0.2, -0.15) is 0 Å². The fraction of sp³-hybridized carbons (Fsp3) is 0. The van der Waals surface area contributed by atoms with Gasteiger partial charge < -0.3 is 14.3 Å². The number of furan rings is 1. The van der Waals surface area contributed by atoms with Crippen LogP contribution in [-0.4, -0.2) is 4.98 Å². The molecule has 0 radical (unpaired) electrons. The van der Waals surface area contributed by atoms with Crippen molar-refractivity contribution in [3.63, 3.8) is 0 Å². The molecule has 9 aromatic rings. The summed E-state index contributed by atoms with van der Waals surface area (Å²) in [7, 11) is 0. The van der Waals surface area contributed by atoms with E-state index in [4.69, 9.17) is 4.42 Å². The van der Waals surface area contributed by atoms with Gasteiger partial charge in [0.2, 0.25) is 0 Å². The Morgan fingerprint density at radius 1 is 0.439 bits per heavy atom. The number of hydrogen-bond donors (Lipinski definition) is 1. The minimum Gasteiger partial charge on any atom is -0.456 e. The van der Waals surface area contributed by atoms with Gasteiger partial charge in [0.25, 0.3) is 0 Å². The molecule has 0 saturated carbocycles. The number of benzene rings is 7. The number of rotatable bonds is 3. The zero-order valence-electron chi connectivity index (χ0n) is 22.1. The SMILES string of the molecule is c1ccc(N(c2ccc3ccccc3c2)c2ccc3c(ccc4c3[nH]c3ccc5oc6ccccc6c5c34)c2)cc1.